The molecular formula is C12H18ClO4P. The molecule has 0 N–H and O–H groups in total. The Bertz CT molecular complexity index is 401. The Labute approximate surface area is 113 Å². The lowest BCUT2D eigenvalue weighted by Crippen LogP contribution is -2.05. The van der Waals surface area contributed by atoms with E-state index in [0.29, 0.717) is 24.8 Å². The molecule has 102 valence electrons. The maximum Gasteiger partial charge on any atom is 0.367 e. The van der Waals surface area contributed by atoms with Gasteiger partial charge in [0, 0.05) is 5.88 Å². The van der Waals surface area contributed by atoms with Crippen molar-refractivity contribution in [3.8, 4) is 5.75 Å². The van der Waals surface area contributed by atoms with Crippen LogP contribution in [0.4, 0.5) is 0 Å². The number of alkyl halides is 1. The summed E-state index contributed by atoms with van der Waals surface area (Å²) in [6.45, 7) is 4.17. The Morgan fingerprint density at radius 3 is 2.44 bits per heavy atom. The quantitative estimate of drug-likeness (QED) is 0.536. The summed E-state index contributed by atoms with van der Waals surface area (Å²) in [5.41, 5.74) is 0.941. The molecule has 0 aromatic heterocycles. The van der Waals surface area contributed by atoms with E-state index in [1.807, 2.05) is 12.1 Å². The van der Waals surface area contributed by atoms with Crippen molar-refractivity contribution >= 4 is 19.2 Å². The molecule has 0 aliphatic rings. The van der Waals surface area contributed by atoms with Gasteiger partial charge in [0.2, 0.25) is 0 Å². The molecule has 0 radical (unpaired) electrons. The minimum atomic E-state index is -3.16. The third kappa shape index (κ3) is 4.99. The largest absolute Gasteiger partial charge is 0.481 e. The molecule has 0 unspecified atom stereocenters. The molecule has 0 saturated carbocycles. The Kier molecular flexibility index (Phi) is 6.72. The monoisotopic (exact) mass is 292 g/mol. The van der Waals surface area contributed by atoms with Gasteiger partial charge in [-0.05, 0) is 31.5 Å². The Hall–Kier alpha value is -0.540. The highest BCUT2D eigenvalue weighted by Crippen LogP contribution is 2.47. The molecule has 0 heterocycles. The molecule has 1 aromatic carbocycles. The van der Waals surface area contributed by atoms with Crippen molar-refractivity contribution in [2.75, 3.05) is 19.6 Å². The van der Waals surface area contributed by atoms with E-state index in [9.17, 15) is 4.57 Å². The first-order valence-corrected chi connectivity index (χ1v) is 8.05. The van der Waals surface area contributed by atoms with Gasteiger partial charge >= 0.3 is 7.60 Å². The fourth-order valence-corrected chi connectivity index (χ4v) is 2.86. The van der Waals surface area contributed by atoms with Crippen LogP contribution in [0.25, 0.3) is 0 Å². The molecule has 0 spiro atoms. The summed E-state index contributed by atoms with van der Waals surface area (Å²) in [4.78, 5) is 0. The number of benzene rings is 1. The highest BCUT2D eigenvalue weighted by Gasteiger charge is 2.24. The Balaban J connectivity index is 2.63. The molecule has 4 nitrogen and oxygen atoms in total. The molecule has 6 heteroatoms. The van der Waals surface area contributed by atoms with Crippen molar-refractivity contribution < 1.29 is 18.3 Å². The molecule has 0 aliphatic heterocycles. The van der Waals surface area contributed by atoms with Gasteiger partial charge in [-0.2, -0.15) is 0 Å². The second-order valence-electron chi connectivity index (χ2n) is 3.50. The molecular weight excluding hydrogens is 275 g/mol. The van der Waals surface area contributed by atoms with E-state index in [2.05, 4.69) is 0 Å². The molecule has 0 amide bonds. The van der Waals surface area contributed by atoms with Crippen molar-refractivity contribution in [2.24, 2.45) is 0 Å². The second kappa shape index (κ2) is 7.80. The fraction of sp³-hybridized carbons (Fsp3) is 0.500. The summed E-state index contributed by atoms with van der Waals surface area (Å²) < 4.78 is 27.9. The van der Waals surface area contributed by atoms with Crippen molar-refractivity contribution in [1.82, 2.24) is 0 Å². The average molecular weight is 293 g/mol. The van der Waals surface area contributed by atoms with Gasteiger partial charge in [-0.3, -0.25) is 4.57 Å². The first kappa shape index (κ1) is 15.5. The minimum Gasteiger partial charge on any atom is -0.481 e. The van der Waals surface area contributed by atoms with E-state index in [1.54, 1.807) is 26.0 Å². The summed E-state index contributed by atoms with van der Waals surface area (Å²) >= 11 is 5.73. The molecule has 0 atom stereocenters. The molecule has 0 fully saturated rings. The number of halogens is 1. The van der Waals surface area contributed by atoms with Gasteiger partial charge in [0.25, 0.3) is 0 Å². The fourth-order valence-electron chi connectivity index (χ4n) is 1.38. The van der Waals surface area contributed by atoms with E-state index in [4.69, 9.17) is 25.4 Å². The molecule has 1 aromatic rings. The normalized spacial score (nSPS) is 11.5. The minimum absolute atomic E-state index is 0.0968. The topological polar surface area (TPSA) is 44.8 Å². The maximum atomic E-state index is 12.1. The average Bonchev–Trinajstić information content (AvgIpc) is 2.37. The zero-order valence-electron chi connectivity index (χ0n) is 10.6. The summed E-state index contributed by atoms with van der Waals surface area (Å²) in [6, 6.07) is 7.30. The molecule has 0 saturated heterocycles. The van der Waals surface area contributed by atoms with Crippen LogP contribution in [-0.4, -0.2) is 19.6 Å². The molecule has 0 aliphatic carbocycles. The van der Waals surface area contributed by atoms with Crippen LogP contribution in [0.3, 0.4) is 0 Å². The van der Waals surface area contributed by atoms with Crippen LogP contribution in [-0.2, 0) is 19.5 Å². The summed E-state index contributed by atoms with van der Waals surface area (Å²) in [7, 11) is -3.16. The Morgan fingerprint density at radius 1 is 1.22 bits per heavy atom. The lowest BCUT2D eigenvalue weighted by molar-refractivity contribution is 0.197. The van der Waals surface area contributed by atoms with E-state index >= 15 is 0 Å². The second-order valence-corrected chi connectivity index (χ2v) is 5.76. The van der Waals surface area contributed by atoms with E-state index in [-0.39, 0.29) is 6.35 Å². The van der Waals surface area contributed by atoms with Gasteiger partial charge < -0.3 is 13.8 Å². The summed E-state index contributed by atoms with van der Waals surface area (Å²) in [5.74, 6) is 1.01. The third-order valence-corrected chi connectivity index (χ3v) is 4.15. The zero-order valence-corrected chi connectivity index (χ0v) is 12.2. The van der Waals surface area contributed by atoms with Crippen LogP contribution in [0.2, 0.25) is 0 Å². The van der Waals surface area contributed by atoms with Crippen LogP contribution >= 0.6 is 19.2 Å². The predicted molar refractivity (Wildman–Crippen MR) is 72.4 cm³/mol. The summed E-state index contributed by atoms with van der Waals surface area (Å²) in [5, 5.41) is 0. The van der Waals surface area contributed by atoms with Gasteiger partial charge in [0.15, 0.2) is 6.35 Å². The van der Waals surface area contributed by atoms with Gasteiger partial charge in [0.1, 0.15) is 5.75 Å². The SMILES string of the molecule is CCOP(=O)(COc1cccc(CCl)c1)OCC. The van der Waals surface area contributed by atoms with E-state index in [0.717, 1.165) is 5.56 Å². The first-order chi connectivity index (χ1) is 8.63. The van der Waals surface area contributed by atoms with Crippen LogP contribution in [0, 0.1) is 0 Å². The summed E-state index contributed by atoms with van der Waals surface area (Å²) in [6.07, 6.45) is -0.0968. The lowest BCUT2D eigenvalue weighted by atomic mass is 10.2. The van der Waals surface area contributed by atoms with Gasteiger partial charge in [-0.25, -0.2) is 0 Å². The van der Waals surface area contributed by atoms with Gasteiger partial charge in [-0.1, -0.05) is 12.1 Å². The molecule has 18 heavy (non-hydrogen) atoms. The van der Waals surface area contributed by atoms with Crippen LogP contribution in [0.5, 0.6) is 5.75 Å². The van der Waals surface area contributed by atoms with E-state index in [1.165, 1.54) is 0 Å². The standard InChI is InChI=1S/C12H18ClO4P/c1-3-16-18(14,17-4-2)10-15-12-7-5-6-11(8-12)9-13/h5-8H,3-4,9-10H2,1-2H3. The highest BCUT2D eigenvalue weighted by atomic mass is 35.5. The number of hydrogen-bond donors (Lipinski definition) is 0. The number of hydrogen-bond acceptors (Lipinski definition) is 4. The van der Waals surface area contributed by atoms with Crippen LogP contribution < -0.4 is 4.74 Å². The van der Waals surface area contributed by atoms with Crippen molar-refractivity contribution in [2.45, 2.75) is 19.7 Å². The predicted octanol–water partition coefficient (Wildman–Crippen LogP) is 4.03. The number of ether oxygens (including phenoxy) is 1. The Morgan fingerprint density at radius 2 is 1.89 bits per heavy atom. The van der Waals surface area contributed by atoms with Crippen molar-refractivity contribution in [1.29, 1.82) is 0 Å². The van der Waals surface area contributed by atoms with Crippen molar-refractivity contribution in [3.05, 3.63) is 29.8 Å². The van der Waals surface area contributed by atoms with Crippen molar-refractivity contribution in [3.63, 3.8) is 0 Å². The molecule has 0 bridgehead atoms. The first-order valence-electron chi connectivity index (χ1n) is 5.79. The highest BCUT2D eigenvalue weighted by molar-refractivity contribution is 7.53. The molecule has 1 rings (SSSR count). The third-order valence-electron chi connectivity index (χ3n) is 2.09. The van der Waals surface area contributed by atoms with Gasteiger partial charge in [-0.15, -0.1) is 11.6 Å². The van der Waals surface area contributed by atoms with Crippen LogP contribution in [0.1, 0.15) is 19.4 Å². The smallest absolute Gasteiger partial charge is 0.367 e. The maximum absolute atomic E-state index is 12.1. The van der Waals surface area contributed by atoms with Crippen LogP contribution in [0.15, 0.2) is 24.3 Å². The number of rotatable bonds is 8. The zero-order chi connectivity index (χ0) is 13.4. The van der Waals surface area contributed by atoms with Gasteiger partial charge in [0.05, 0.1) is 13.2 Å². The van der Waals surface area contributed by atoms with E-state index < -0.39 is 7.60 Å². The lowest BCUT2D eigenvalue weighted by Gasteiger charge is -2.17.